The second-order valence-electron chi connectivity index (χ2n) is 3.08. The molecule has 0 heterocycles. The van der Waals surface area contributed by atoms with Gasteiger partial charge in [-0.15, -0.1) is 0 Å². The molecule has 0 saturated carbocycles. The Morgan fingerprint density at radius 3 is 2.46 bits per heavy atom. The van der Waals surface area contributed by atoms with Gasteiger partial charge < -0.3 is 5.41 Å². The fourth-order valence-electron chi connectivity index (χ4n) is 1.12. The topological polar surface area (TPSA) is 23.9 Å². The summed E-state index contributed by atoms with van der Waals surface area (Å²) in [4.78, 5) is 0. The molecule has 1 N–H and O–H groups in total. The van der Waals surface area contributed by atoms with Crippen molar-refractivity contribution in [1.82, 2.24) is 0 Å². The highest BCUT2D eigenvalue weighted by molar-refractivity contribution is 6.30. The van der Waals surface area contributed by atoms with Crippen LogP contribution < -0.4 is 0 Å². The van der Waals surface area contributed by atoms with E-state index in [2.05, 4.69) is 0 Å². The van der Waals surface area contributed by atoms with Gasteiger partial charge in [-0.05, 0) is 37.0 Å². The summed E-state index contributed by atoms with van der Waals surface area (Å²) in [5.74, 6) is 0. The van der Waals surface area contributed by atoms with E-state index in [0.717, 1.165) is 30.0 Å². The Hall–Kier alpha value is -0.820. The van der Waals surface area contributed by atoms with Crippen LogP contribution in [0.2, 0.25) is 5.02 Å². The summed E-state index contributed by atoms with van der Waals surface area (Å²) in [5.41, 5.74) is 2.07. The van der Waals surface area contributed by atoms with E-state index in [4.69, 9.17) is 17.0 Å². The van der Waals surface area contributed by atoms with Crippen molar-refractivity contribution < 1.29 is 0 Å². The summed E-state index contributed by atoms with van der Waals surface area (Å²) in [7, 11) is 0. The SMILES string of the molecule is CCC(=N)CCc1ccc(Cl)cc1. The molecule has 1 rings (SSSR count). The molecule has 0 saturated heterocycles. The van der Waals surface area contributed by atoms with Crippen LogP contribution in [-0.2, 0) is 6.42 Å². The zero-order valence-electron chi connectivity index (χ0n) is 7.81. The van der Waals surface area contributed by atoms with Gasteiger partial charge in [0, 0.05) is 10.7 Å². The third kappa shape index (κ3) is 3.60. The van der Waals surface area contributed by atoms with Gasteiger partial charge in [0.15, 0.2) is 0 Å². The van der Waals surface area contributed by atoms with Gasteiger partial charge in [0.25, 0.3) is 0 Å². The summed E-state index contributed by atoms with van der Waals surface area (Å²) >= 11 is 5.76. The Labute approximate surface area is 84.2 Å². The molecular weight excluding hydrogens is 182 g/mol. The molecule has 0 aliphatic carbocycles. The molecule has 0 spiro atoms. The third-order valence-corrected chi connectivity index (χ3v) is 2.31. The van der Waals surface area contributed by atoms with E-state index in [9.17, 15) is 0 Å². The zero-order valence-corrected chi connectivity index (χ0v) is 8.56. The highest BCUT2D eigenvalue weighted by Gasteiger charge is 1.96. The molecular formula is C11H14ClN. The third-order valence-electron chi connectivity index (χ3n) is 2.06. The largest absolute Gasteiger partial charge is 0.310 e. The van der Waals surface area contributed by atoms with Gasteiger partial charge in [0.1, 0.15) is 0 Å². The molecule has 0 fully saturated rings. The summed E-state index contributed by atoms with van der Waals surface area (Å²) in [5, 5.41) is 8.28. The normalized spacial score (nSPS) is 10.0. The molecule has 1 aromatic rings. The predicted octanol–water partition coefficient (Wildman–Crippen LogP) is 3.70. The molecule has 0 unspecified atom stereocenters. The zero-order chi connectivity index (χ0) is 9.68. The van der Waals surface area contributed by atoms with E-state index in [1.807, 2.05) is 31.2 Å². The molecule has 0 aromatic heterocycles. The molecule has 0 bridgehead atoms. The second-order valence-corrected chi connectivity index (χ2v) is 3.52. The molecule has 0 atom stereocenters. The molecule has 0 radical (unpaired) electrons. The van der Waals surface area contributed by atoms with E-state index >= 15 is 0 Å². The van der Waals surface area contributed by atoms with Crippen LogP contribution in [0.25, 0.3) is 0 Å². The van der Waals surface area contributed by atoms with Crippen molar-refractivity contribution in [1.29, 1.82) is 5.41 Å². The van der Waals surface area contributed by atoms with Crippen molar-refractivity contribution in [3.05, 3.63) is 34.9 Å². The quantitative estimate of drug-likeness (QED) is 0.709. The van der Waals surface area contributed by atoms with Gasteiger partial charge in [-0.3, -0.25) is 0 Å². The molecule has 1 aromatic carbocycles. The van der Waals surface area contributed by atoms with Gasteiger partial charge >= 0.3 is 0 Å². The molecule has 1 nitrogen and oxygen atoms in total. The number of rotatable bonds is 4. The van der Waals surface area contributed by atoms with Crippen LogP contribution in [0.1, 0.15) is 25.3 Å². The van der Waals surface area contributed by atoms with Gasteiger partial charge in [0.2, 0.25) is 0 Å². The van der Waals surface area contributed by atoms with Crippen LogP contribution in [0.5, 0.6) is 0 Å². The lowest BCUT2D eigenvalue weighted by Crippen LogP contribution is -1.96. The average Bonchev–Trinajstić information content (AvgIpc) is 2.16. The molecule has 0 amide bonds. The van der Waals surface area contributed by atoms with Crippen molar-refractivity contribution in [2.24, 2.45) is 0 Å². The molecule has 13 heavy (non-hydrogen) atoms. The van der Waals surface area contributed by atoms with Crippen LogP contribution in [0.15, 0.2) is 24.3 Å². The van der Waals surface area contributed by atoms with Crippen LogP contribution in [0.4, 0.5) is 0 Å². The molecule has 2 heteroatoms. The summed E-state index contributed by atoms with van der Waals surface area (Å²) < 4.78 is 0. The lowest BCUT2D eigenvalue weighted by atomic mass is 10.1. The van der Waals surface area contributed by atoms with Crippen LogP contribution >= 0.6 is 11.6 Å². The van der Waals surface area contributed by atoms with Crippen molar-refractivity contribution >= 4 is 17.3 Å². The first-order valence-electron chi connectivity index (χ1n) is 4.53. The number of nitrogens with one attached hydrogen (secondary N) is 1. The summed E-state index contributed by atoms with van der Waals surface area (Å²) in [6.45, 7) is 2.02. The number of halogens is 1. The minimum Gasteiger partial charge on any atom is -0.310 e. The van der Waals surface area contributed by atoms with E-state index in [-0.39, 0.29) is 0 Å². The van der Waals surface area contributed by atoms with Gasteiger partial charge in [-0.25, -0.2) is 0 Å². The number of aryl methyl sites for hydroxylation is 1. The average molecular weight is 196 g/mol. The Morgan fingerprint density at radius 1 is 1.31 bits per heavy atom. The maximum atomic E-state index is 7.50. The predicted molar refractivity (Wildman–Crippen MR) is 57.8 cm³/mol. The lowest BCUT2D eigenvalue weighted by Gasteiger charge is -2.01. The highest BCUT2D eigenvalue weighted by Crippen LogP contribution is 2.11. The Morgan fingerprint density at radius 2 is 1.92 bits per heavy atom. The van der Waals surface area contributed by atoms with Gasteiger partial charge in [-0.2, -0.15) is 0 Å². The first-order valence-corrected chi connectivity index (χ1v) is 4.91. The number of hydrogen-bond acceptors (Lipinski definition) is 1. The number of benzene rings is 1. The number of hydrogen-bond donors (Lipinski definition) is 1. The minimum atomic E-state index is 0.773. The Balaban J connectivity index is 2.46. The smallest absolute Gasteiger partial charge is 0.0406 e. The van der Waals surface area contributed by atoms with Crippen molar-refractivity contribution in [3.8, 4) is 0 Å². The first kappa shape index (κ1) is 10.3. The standard InChI is InChI=1S/C11H14ClN/c1-2-11(13)8-5-9-3-6-10(12)7-4-9/h3-4,6-7,13H,2,5,8H2,1H3. The van der Waals surface area contributed by atoms with Crippen molar-refractivity contribution in [2.45, 2.75) is 26.2 Å². The fraction of sp³-hybridized carbons (Fsp3) is 0.364. The highest BCUT2D eigenvalue weighted by atomic mass is 35.5. The minimum absolute atomic E-state index is 0.773. The van der Waals surface area contributed by atoms with E-state index in [1.54, 1.807) is 0 Å². The van der Waals surface area contributed by atoms with Crippen LogP contribution in [0.3, 0.4) is 0 Å². The monoisotopic (exact) mass is 195 g/mol. The first-order chi connectivity index (χ1) is 6.22. The summed E-state index contributed by atoms with van der Waals surface area (Å²) in [6.07, 6.45) is 2.66. The maximum absolute atomic E-state index is 7.50. The summed E-state index contributed by atoms with van der Waals surface area (Å²) in [6, 6.07) is 7.83. The van der Waals surface area contributed by atoms with E-state index in [1.165, 1.54) is 5.56 Å². The Kier molecular flexibility index (Phi) is 3.97. The van der Waals surface area contributed by atoms with Crippen LogP contribution in [0, 0.1) is 5.41 Å². The second kappa shape index (κ2) is 5.03. The molecule has 0 aliphatic rings. The maximum Gasteiger partial charge on any atom is 0.0406 e. The lowest BCUT2D eigenvalue weighted by molar-refractivity contribution is 0.994. The van der Waals surface area contributed by atoms with Crippen molar-refractivity contribution in [3.63, 3.8) is 0 Å². The van der Waals surface area contributed by atoms with Crippen LogP contribution in [-0.4, -0.2) is 5.71 Å². The van der Waals surface area contributed by atoms with E-state index < -0.39 is 0 Å². The molecule has 70 valence electrons. The van der Waals surface area contributed by atoms with Gasteiger partial charge in [-0.1, -0.05) is 30.7 Å². The molecule has 0 aliphatic heterocycles. The fourth-order valence-corrected chi connectivity index (χ4v) is 1.25. The van der Waals surface area contributed by atoms with E-state index in [0.29, 0.717) is 0 Å². The van der Waals surface area contributed by atoms with Gasteiger partial charge in [0.05, 0.1) is 0 Å². The van der Waals surface area contributed by atoms with Crippen molar-refractivity contribution in [2.75, 3.05) is 0 Å². The Bertz CT molecular complexity index is 277.